The Balaban J connectivity index is 2.14. The van der Waals surface area contributed by atoms with E-state index in [1.807, 2.05) is 18.2 Å². The Morgan fingerprint density at radius 1 is 1.32 bits per heavy atom. The van der Waals surface area contributed by atoms with E-state index in [1.165, 1.54) is 19.3 Å². The van der Waals surface area contributed by atoms with Crippen molar-refractivity contribution in [3.05, 3.63) is 28.2 Å². The molecular weight excluding hydrogens is 302 g/mol. The quantitative estimate of drug-likeness (QED) is 0.852. The molecule has 0 atom stereocenters. The van der Waals surface area contributed by atoms with E-state index in [2.05, 4.69) is 52.9 Å². The van der Waals surface area contributed by atoms with Crippen LogP contribution in [0.5, 0.6) is 0 Å². The predicted molar refractivity (Wildman–Crippen MR) is 82.4 cm³/mol. The van der Waals surface area contributed by atoms with Crippen molar-refractivity contribution in [2.75, 3.05) is 32.6 Å². The van der Waals surface area contributed by atoms with Gasteiger partial charge in [-0.2, -0.15) is 5.26 Å². The lowest BCUT2D eigenvalue weighted by Gasteiger charge is -2.49. The molecule has 1 aromatic rings. The van der Waals surface area contributed by atoms with Gasteiger partial charge in [0.1, 0.15) is 6.07 Å². The third-order valence-electron chi connectivity index (χ3n) is 4.28. The van der Waals surface area contributed by atoms with Crippen molar-refractivity contribution < 1.29 is 0 Å². The molecule has 0 bridgehead atoms. The van der Waals surface area contributed by atoms with Crippen molar-refractivity contribution >= 4 is 21.6 Å². The zero-order chi connectivity index (χ0) is 14.0. The number of hydrogen-bond acceptors (Lipinski definition) is 3. The molecule has 1 aromatic carbocycles. The van der Waals surface area contributed by atoms with Crippen LogP contribution in [0.25, 0.3) is 0 Å². The second kappa shape index (κ2) is 5.52. The zero-order valence-electron chi connectivity index (χ0n) is 11.8. The summed E-state index contributed by atoms with van der Waals surface area (Å²) >= 11 is 3.46. The van der Waals surface area contributed by atoms with Gasteiger partial charge >= 0.3 is 0 Å². The van der Waals surface area contributed by atoms with Crippen LogP contribution >= 0.6 is 15.9 Å². The molecule has 3 nitrogen and oxygen atoms in total. The van der Waals surface area contributed by atoms with Gasteiger partial charge in [-0.05, 0) is 67.5 Å². The summed E-state index contributed by atoms with van der Waals surface area (Å²) in [4.78, 5) is 4.64. The molecule has 0 N–H and O–H groups in total. The Kier molecular flexibility index (Phi) is 4.17. The van der Waals surface area contributed by atoms with Gasteiger partial charge in [0, 0.05) is 29.3 Å². The van der Waals surface area contributed by atoms with E-state index >= 15 is 0 Å². The van der Waals surface area contributed by atoms with E-state index in [-0.39, 0.29) is 0 Å². The molecule has 0 aromatic heterocycles. The molecule has 0 heterocycles. The van der Waals surface area contributed by atoms with Gasteiger partial charge < -0.3 is 9.80 Å². The minimum Gasteiger partial charge on any atom is -0.373 e. The summed E-state index contributed by atoms with van der Waals surface area (Å²) in [6.07, 6.45) is 3.85. The summed E-state index contributed by atoms with van der Waals surface area (Å²) in [5, 5.41) is 8.95. The largest absolute Gasteiger partial charge is 0.373 e. The average Bonchev–Trinajstić information content (AvgIpc) is 2.32. The lowest BCUT2D eigenvalue weighted by molar-refractivity contribution is 0.0683. The molecule has 0 radical (unpaired) electrons. The molecule has 0 aliphatic heterocycles. The first-order valence-corrected chi connectivity index (χ1v) is 7.36. The van der Waals surface area contributed by atoms with Gasteiger partial charge in [-0.1, -0.05) is 0 Å². The molecule has 1 fully saturated rings. The number of nitriles is 1. The maximum absolute atomic E-state index is 8.95. The summed E-state index contributed by atoms with van der Waals surface area (Å²) in [5.74, 6) is 0. The van der Waals surface area contributed by atoms with E-state index in [1.54, 1.807) is 0 Å². The fourth-order valence-corrected chi connectivity index (χ4v) is 3.15. The first-order chi connectivity index (χ1) is 8.98. The Labute approximate surface area is 123 Å². The molecule has 4 heteroatoms. The normalized spacial score (nSPS) is 16.8. The van der Waals surface area contributed by atoms with Crippen molar-refractivity contribution in [3.63, 3.8) is 0 Å². The SMILES string of the molecule is CN(CC1(N(C)C)CCC1)c1ccc(C#N)c(Br)c1. The number of anilines is 1. The maximum atomic E-state index is 8.95. The van der Waals surface area contributed by atoms with Crippen LogP contribution in [-0.2, 0) is 0 Å². The van der Waals surface area contributed by atoms with Gasteiger partial charge in [-0.25, -0.2) is 0 Å². The summed E-state index contributed by atoms with van der Waals surface area (Å²) in [5.41, 5.74) is 2.15. The van der Waals surface area contributed by atoms with E-state index in [0.717, 1.165) is 16.7 Å². The average molecular weight is 322 g/mol. The smallest absolute Gasteiger partial charge is 0.100 e. The first kappa shape index (κ1) is 14.4. The van der Waals surface area contributed by atoms with Crippen molar-refractivity contribution in [1.29, 1.82) is 5.26 Å². The number of likely N-dealkylation sites (N-methyl/N-ethyl adjacent to an activating group) is 2. The summed E-state index contributed by atoms with van der Waals surface area (Å²) < 4.78 is 0.867. The van der Waals surface area contributed by atoms with Gasteiger partial charge in [0.05, 0.1) is 5.56 Å². The van der Waals surface area contributed by atoms with Crippen LogP contribution in [0.15, 0.2) is 22.7 Å². The van der Waals surface area contributed by atoms with E-state index in [9.17, 15) is 0 Å². The standard InChI is InChI=1S/C15H20BrN3/c1-18(2)15(7-4-8-15)11-19(3)13-6-5-12(10-17)14(16)9-13/h5-6,9H,4,7-8,11H2,1-3H3. The highest BCUT2D eigenvalue weighted by Gasteiger charge is 2.39. The number of rotatable bonds is 4. The van der Waals surface area contributed by atoms with Crippen molar-refractivity contribution in [1.82, 2.24) is 4.90 Å². The van der Waals surface area contributed by atoms with Crippen LogP contribution in [0.4, 0.5) is 5.69 Å². The Bertz CT molecular complexity index is 501. The van der Waals surface area contributed by atoms with Crippen molar-refractivity contribution in [3.8, 4) is 6.07 Å². The Morgan fingerprint density at radius 2 is 2.00 bits per heavy atom. The second-order valence-electron chi connectivity index (χ2n) is 5.60. The topological polar surface area (TPSA) is 30.3 Å². The number of benzene rings is 1. The molecule has 0 spiro atoms. The molecule has 1 aliphatic carbocycles. The van der Waals surface area contributed by atoms with E-state index < -0.39 is 0 Å². The van der Waals surface area contributed by atoms with E-state index in [0.29, 0.717) is 11.1 Å². The zero-order valence-corrected chi connectivity index (χ0v) is 13.4. The van der Waals surface area contributed by atoms with Gasteiger partial charge in [-0.3, -0.25) is 0 Å². The lowest BCUT2D eigenvalue weighted by Crippen LogP contribution is -2.56. The monoisotopic (exact) mass is 321 g/mol. The fraction of sp³-hybridized carbons (Fsp3) is 0.533. The van der Waals surface area contributed by atoms with Gasteiger partial charge in [0.2, 0.25) is 0 Å². The van der Waals surface area contributed by atoms with E-state index in [4.69, 9.17) is 5.26 Å². The number of halogens is 1. The fourth-order valence-electron chi connectivity index (χ4n) is 2.70. The van der Waals surface area contributed by atoms with Gasteiger partial charge in [0.15, 0.2) is 0 Å². The molecule has 0 unspecified atom stereocenters. The Hall–Kier alpha value is -1.05. The highest BCUT2D eigenvalue weighted by molar-refractivity contribution is 9.10. The van der Waals surface area contributed by atoms with Crippen molar-refractivity contribution in [2.45, 2.75) is 24.8 Å². The van der Waals surface area contributed by atoms with Crippen LogP contribution in [0.1, 0.15) is 24.8 Å². The second-order valence-corrected chi connectivity index (χ2v) is 6.46. The predicted octanol–water partition coefficient (Wildman–Crippen LogP) is 3.24. The summed E-state index contributed by atoms with van der Waals surface area (Å²) in [6, 6.07) is 8.10. The number of nitrogens with zero attached hydrogens (tertiary/aromatic N) is 3. The summed E-state index contributed by atoms with van der Waals surface area (Å²) in [6.45, 7) is 1.03. The van der Waals surface area contributed by atoms with Crippen LogP contribution in [0, 0.1) is 11.3 Å². The molecule has 19 heavy (non-hydrogen) atoms. The highest BCUT2D eigenvalue weighted by atomic mass is 79.9. The molecule has 1 aliphatic rings. The Morgan fingerprint density at radius 3 is 2.42 bits per heavy atom. The lowest BCUT2D eigenvalue weighted by atomic mass is 9.75. The molecule has 1 saturated carbocycles. The third-order valence-corrected chi connectivity index (χ3v) is 4.93. The van der Waals surface area contributed by atoms with Gasteiger partial charge in [-0.15, -0.1) is 0 Å². The van der Waals surface area contributed by atoms with Crippen LogP contribution in [0.2, 0.25) is 0 Å². The van der Waals surface area contributed by atoms with Crippen LogP contribution in [0.3, 0.4) is 0 Å². The molecular formula is C15H20BrN3. The minimum absolute atomic E-state index is 0.315. The molecule has 102 valence electrons. The van der Waals surface area contributed by atoms with Crippen LogP contribution in [-0.4, -0.2) is 38.1 Å². The maximum Gasteiger partial charge on any atom is 0.100 e. The van der Waals surface area contributed by atoms with Crippen LogP contribution < -0.4 is 4.90 Å². The number of hydrogen-bond donors (Lipinski definition) is 0. The molecule has 2 rings (SSSR count). The third kappa shape index (κ3) is 2.77. The molecule has 0 saturated heterocycles. The van der Waals surface area contributed by atoms with Crippen molar-refractivity contribution in [2.24, 2.45) is 0 Å². The first-order valence-electron chi connectivity index (χ1n) is 6.57. The summed E-state index contributed by atoms with van der Waals surface area (Å²) in [7, 11) is 6.46. The highest BCUT2D eigenvalue weighted by Crippen LogP contribution is 2.37. The minimum atomic E-state index is 0.315. The molecule has 0 amide bonds. The van der Waals surface area contributed by atoms with Gasteiger partial charge in [0.25, 0.3) is 0 Å².